The van der Waals surface area contributed by atoms with Gasteiger partial charge in [0.1, 0.15) is 5.82 Å². The lowest BCUT2D eigenvalue weighted by molar-refractivity contribution is -0.0721. The van der Waals surface area contributed by atoms with E-state index in [0.29, 0.717) is 12.2 Å². The van der Waals surface area contributed by atoms with Crippen molar-refractivity contribution in [3.05, 3.63) is 35.6 Å². The Morgan fingerprint density at radius 1 is 1.28 bits per heavy atom. The van der Waals surface area contributed by atoms with Crippen LogP contribution in [0, 0.1) is 5.82 Å². The molecule has 2 aliphatic rings. The number of aliphatic imine (C=N–C) groups is 1. The van der Waals surface area contributed by atoms with Crippen molar-refractivity contribution < 1.29 is 13.9 Å². The second-order valence-electron chi connectivity index (χ2n) is 7.72. The van der Waals surface area contributed by atoms with Crippen LogP contribution in [-0.4, -0.2) is 63.0 Å². The number of hydrogen-bond acceptors (Lipinski definition) is 3. The SMILES string of the molecule is CN=C(NCCCc1cccc(F)c1)N1CCC(OCC2CCCCO2)CC1.I. The molecule has 0 radical (unpaired) electrons. The van der Waals surface area contributed by atoms with E-state index >= 15 is 0 Å². The molecular weight excluding hydrogens is 484 g/mol. The van der Waals surface area contributed by atoms with Gasteiger partial charge in [0, 0.05) is 33.3 Å². The molecule has 1 atom stereocenters. The fourth-order valence-corrected chi connectivity index (χ4v) is 3.93. The molecule has 0 spiro atoms. The van der Waals surface area contributed by atoms with Crippen molar-refractivity contribution in [3.63, 3.8) is 0 Å². The summed E-state index contributed by atoms with van der Waals surface area (Å²) in [6.45, 7) is 4.36. The molecule has 7 heteroatoms. The summed E-state index contributed by atoms with van der Waals surface area (Å²) < 4.78 is 25.1. The average Bonchev–Trinajstić information content (AvgIpc) is 2.74. The minimum absolute atomic E-state index is 0. The summed E-state index contributed by atoms with van der Waals surface area (Å²) in [7, 11) is 1.83. The molecular formula is C22H35FIN3O2. The summed E-state index contributed by atoms with van der Waals surface area (Å²) in [5, 5.41) is 3.44. The van der Waals surface area contributed by atoms with Crippen LogP contribution in [0.3, 0.4) is 0 Å². The maximum Gasteiger partial charge on any atom is 0.193 e. The molecule has 3 rings (SSSR count). The van der Waals surface area contributed by atoms with Gasteiger partial charge in [0.25, 0.3) is 0 Å². The van der Waals surface area contributed by atoms with Gasteiger partial charge in [0.15, 0.2) is 5.96 Å². The highest BCUT2D eigenvalue weighted by molar-refractivity contribution is 14.0. The molecule has 0 aromatic heterocycles. The van der Waals surface area contributed by atoms with Crippen LogP contribution >= 0.6 is 24.0 Å². The van der Waals surface area contributed by atoms with Gasteiger partial charge in [0.2, 0.25) is 0 Å². The predicted octanol–water partition coefficient (Wildman–Crippen LogP) is 4.00. The van der Waals surface area contributed by atoms with Crippen molar-refractivity contribution in [1.82, 2.24) is 10.2 Å². The van der Waals surface area contributed by atoms with Crippen molar-refractivity contribution in [2.45, 2.75) is 57.2 Å². The van der Waals surface area contributed by atoms with E-state index in [0.717, 1.165) is 76.5 Å². The number of piperidine rings is 1. The standard InChI is InChI=1S/C22H34FN3O2.HI/c1-24-22(25-12-5-7-18-6-4-8-19(23)16-18)26-13-10-20(11-14-26)28-17-21-9-2-3-15-27-21;/h4,6,8,16,20-21H,2-3,5,7,9-15,17H2,1H3,(H,24,25);1H. The van der Waals surface area contributed by atoms with Gasteiger partial charge >= 0.3 is 0 Å². The fourth-order valence-electron chi connectivity index (χ4n) is 3.93. The first kappa shape index (κ1) is 24.3. The zero-order chi connectivity index (χ0) is 19.6. The highest BCUT2D eigenvalue weighted by Gasteiger charge is 2.23. The van der Waals surface area contributed by atoms with E-state index in [1.807, 2.05) is 13.1 Å². The van der Waals surface area contributed by atoms with Gasteiger partial charge in [0.05, 0.1) is 18.8 Å². The van der Waals surface area contributed by atoms with E-state index in [2.05, 4.69) is 15.2 Å². The van der Waals surface area contributed by atoms with E-state index in [4.69, 9.17) is 9.47 Å². The Morgan fingerprint density at radius 3 is 2.79 bits per heavy atom. The molecule has 2 saturated heterocycles. The lowest BCUT2D eigenvalue weighted by Gasteiger charge is -2.35. The zero-order valence-corrected chi connectivity index (χ0v) is 19.8. The van der Waals surface area contributed by atoms with E-state index in [9.17, 15) is 4.39 Å². The summed E-state index contributed by atoms with van der Waals surface area (Å²) in [6, 6.07) is 6.84. The highest BCUT2D eigenvalue weighted by Crippen LogP contribution is 2.18. The molecule has 2 fully saturated rings. The zero-order valence-electron chi connectivity index (χ0n) is 17.4. The van der Waals surface area contributed by atoms with Crippen LogP contribution < -0.4 is 5.32 Å². The first-order valence-corrected chi connectivity index (χ1v) is 10.7. The van der Waals surface area contributed by atoms with E-state index < -0.39 is 0 Å². The number of benzene rings is 1. The summed E-state index contributed by atoms with van der Waals surface area (Å²) in [6.07, 6.45) is 8.05. The Bertz CT molecular complexity index is 618. The summed E-state index contributed by atoms with van der Waals surface area (Å²) in [5.41, 5.74) is 1.04. The second kappa shape index (κ2) is 13.4. The van der Waals surface area contributed by atoms with Crippen LogP contribution in [0.15, 0.2) is 29.3 Å². The normalized spacial score (nSPS) is 21.0. The summed E-state index contributed by atoms with van der Waals surface area (Å²) in [5.74, 6) is 0.787. The number of aryl methyl sites for hydroxylation is 1. The molecule has 2 aliphatic heterocycles. The summed E-state index contributed by atoms with van der Waals surface area (Å²) in [4.78, 5) is 6.73. The molecule has 1 aromatic carbocycles. The average molecular weight is 519 g/mol. The lowest BCUT2D eigenvalue weighted by Crippen LogP contribution is -2.47. The van der Waals surface area contributed by atoms with Gasteiger partial charge in [-0.05, 0) is 62.6 Å². The Balaban J connectivity index is 0.00000300. The van der Waals surface area contributed by atoms with Crippen molar-refractivity contribution in [2.75, 3.05) is 39.9 Å². The molecule has 1 unspecified atom stereocenters. The van der Waals surface area contributed by atoms with Crippen LogP contribution in [0.25, 0.3) is 0 Å². The highest BCUT2D eigenvalue weighted by atomic mass is 127. The third kappa shape index (κ3) is 8.38. The minimum atomic E-state index is -0.165. The number of rotatable bonds is 7. The van der Waals surface area contributed by atoms with Crippen molar-refractivity contribution in [2.24, 2.45) is 4.99 Å². The molecule has 5 nitrogen and oxygen atoms in total. The molecule has 164 valence electrons. The molecule has 0 saturated carbocycles. The third-order valence-corrected chi connectivity index (χ3v) is 5.56. The lowest BCUT2D eigenvalue weighted by atomic mass is 10.1. The number of guanidine groups is 1. The fraction of sp³-hybridized carbons (Fsp3) is 0.682. The molecule has 0 aliphatic carbocycles. The van der Waals surface area contributed by atoms with Crippen molar-refractivity contribution in [1.29, 1.82) is 0 Å². The van der Waals surface area contributed by atoms with E-state index in [-0.39, 0.29) is 29.8 Å². The van der Waals surface area contributed by atoms with Crippen LogP contribution in [0.1, 0.15) is 44.1 Å². The van der Waals surface area contributed by atoms with E-state index in [1.54, 1.807) is 12.1 Å². The van der Waals surface area contributed by atoms with Crippen molar-refractivity contribution in [3.8, 4) is 0 Å². The van der Waals surface area contributed by atoms with Gasteiger partial charge < -0.3 is 19.7 Å². The largest absolute Gasteiger partial charge is 0.376 e. The molecule has 29 heavy (non-hydrogen) atoms. The smallest absolute Gasteiger partial charge is 0.193 e. The second-order valence-corrected chi connectivity index (χ2v) is 7.72. The van der Waals surface area contributed by atoms with Gasteiger partial charge in [-0.2, -0.15) is 0 Å². The van der Waals surface area contributed by atoms with Gasteiger partial charge in [-0.3, -0.25) is 4.99 Å². The van der Waals surface area contributed by atoms with Crippen LogP contribution in [-0.2, 0) is 15.9 Å². The maximum absolute atomic E-state index is 13.2. The van der Waals surface area contributed by atoms with Crippen LogP contribution in [0.4, 0.5) is 4.39 Å². The maximum atomic E-state index is 13.2. The topological polar surface area (TPSA) is 46.1 Å². The predicted molar refractivity (Wildman–Crippen MR) is 126 cm³/mol. The molecule has 1 aromatic rings. The Morgan fingerprint density at radius 2 is 2.10 bits per heavy atom. The number of hydrogen-bond donors (Lipinski definition) is 1. The van der Waals surface area contributed by atoms with Gasteiger partial charge in [-0.1, -0.05) is 12.1 Å². The first-order valence-electron chi connectivity index (χ1n) is 10.7. The molecule has 0 amide bonds. The minimum Gasteiger partial charge on any atom is -0.376 e. The number of halogens is 2. The molecule has 1 N–H and O–H groups in total. The third-order valence-electron chi connectivity index (χ3n) is 5.56. The van der Waals surface area contributed by atoms with Crippen LogP contribution in [0.2, 0.25) is 0 Å². The summed E-state index contributed by atoms with van der Waals surface area (Å²) >= 11 is 0. The number of nitrogens with zero attached hydrogens (tertiary/aromatic N) is 2. The number of nitrogens with one attached hydrogen (secondary N) is 1. The first-order chi connectivity index (χ1) is 13.7. The quantitative estimate of drug-likeness (QED) is 0.256. The van der Waals surface area contributed by atoms with E-state index in [1.165, 1.54) is 18.9 Å². The Labute approximate surface area is 191 Å². The Hall–Kier alpha value is -0.930. The number of ether oxygens (including phenoxy) is 2. The van der Waals surface area contributed by atoms with Gasteiger partial charge in [-0.15, -0.1) is 24.0 Å². The van der Waals surface area contributed by atoms with Crippen LogP contribution in [0.5, 0.6) is 0 Å². The molecule has 2 heterocycles. The van der Waals surface area contributed by atoms with Crippen molar-refractivity contribution >= 4 is 29.9 Å². The number of likely N-dealkylation sites (tertiary alicyclic amines) is 1. The molecule has 0 bridgehead atoms. The Kier molecular flexibility index (Phi) is 11.2. The van der Waals surface area contributed by atoms with Gasteiger partial charge in [-0.25, -0.2) is 4.39 Å². The monoisotopic (exact) mass is 519 g/mol.